The summed E-state index contributed by atoms with van der Waals surface area (Å²) in [5, 5.41) is 3.19. The monoisotopic (exact) mass is 478 g/mol. The Hall–Kier alpha value is -3.43. The maximum atomic E-state index is 13.3. The van der Waals surface area contributed by atoms with Crippen LogP contribution in [0.25, 0.3) is 11.0 Å². The van der Waals surface area contributed by atoms with Gasteiger partial charge in [-0.3, -0.25) is 9.10 Å². The third kappa shape index (κ3) is 4.99. The number of carbonyl (C=O) groups is 1. The highest BCUT2D eigenvalue weighted by Gasteiger charge is 2.26. The van der Waals surface area contributed by atoms with Gasteiger partial charge in [-0.05, 0) is 55.5 Å². The molecule has 0 fully saturated rings. The quantitative estimate of drug-likeness (QED) is 0.425. The normalized spacial score (nSPS) is 11.4. The average Bonchev–Trinajstić information content (AvgIpc) is 2.79. The minimum Gasteiger partial charge on any atom is -0.326 e. The molecule has 0 aliphatic heterocycles. The van der Waals surface area contributed by atoms with Crippen LogP contribution in [0, 0.1) is 6.92 Å². The number of amides is 1. The lowest BCUT2D eigenvalue weighted by molar-refractivity contribution is -0.114. The molecule has 7 nitrogen and oxygen atoms in total. The molecule has 0 unspecified atom stereocenters. The Bertz CT molecular complexity index is 1420. The van der Waals surface area contributed by atoms with Gasteiger partial charge >= 0.3 is 0 Å². The Morgan fingerprint density at radius 3 is 2.12 bits per heavy atom. The topological polar surface area (TPSA) is 92.3 Å². The van der Waals surface area contributed by atoms with Gasteiger partial charge in [0.05, 0.1) is 15.9 Å². The second-order valence-corrected chi connectivity index (χ2v) is 10.5. The van der Waals surface area contributed by atoms with Crippen LogP contribution in [-0.2, 0) is 14.8 Å². The number of nitrogens with one attached hydrogen (secondary N) is 1. The molecule has 168 valence electrons. The molecule has 4 rings (SSSR count). The second-order valence-electron chi connectivity index (χ2n) is 7.43. The van der Waals surface area contributed by atoms with E-state index in [-0.39, 0.29) is 16.6 Å². The molecule has 9 heteroatoms. The van der Waals surface area contributed by atoms with E-state index in [1.165, 1.54) is 30.0 Å². The molecular weight excluding hydrogens is 456 g/mol. The summed E-state index contributed by atoms with van der Waals surface area (Å²) in [4.78, 5) is 21.6. The number of para-hydroxylation sites is 2. The average molecular weight is 479 g/mol. The van der Waals surface area contributed by atoms with Crippen molar-refractivity contribution in [2.45, 2.75) is 28.7 Å². The highest BCUT2D eigenvalue weighted by Crippen LogP contribution is 2.36. The van der Waals surface area contributed by atoms with E-state index in [0.717, 1.165) is 10.5 Å². The standard InChI is InChI=1S/C24H22N4O3S2/c1-16-8-14-20(15-9-16)33(30,31)28(3)23-24(27-22-7-5-4-6-21(22)26-23)32-19-12-10-18(11-13-19)25-17(2)29/h4-15H,1-3H3,(H,25,29). The zero-order valence-electron chi connectivity index (χ0n) is 18.3. The van der Waals surface area contributed by atoms with Crippen LogP contribution in [0.15, 0.2) is 87.6 Å². The van der Waals surface area contributed by atoms with Gasteiger partial charge in [0.25, 0.3) is 10.0 Å². The van der Waals surface area contributed by atoms with Crippen molar-refractivity contribution in [1.82, 2.24) is 9.97 Å². The number of hydrogen-bond donors (Lipinski definition) is 1. The van der Waals surface area contributed by atoms with E-state index in [1.54, 1.807) is 42.5 Å². The van der Waals surface area contributed by atoms with Crippen molar-refractivity contribution in [3.8, 4) is 0 Å². The molecule has 33 heavy (non-hydrogen) atoms. The van der Waals surface area contributed by atoms with Crippen molar-refractivity contribution in [1.29, 1.82) is 0 Å². The number of nitrogens with zero attached hydrogens (tertiary/aromatic N) is 3. The fraction of sp³-hybridized carbons (Fsp3) is 0.125. The Morgan fingerprint density at radius 1 is 0.909 bits per heavy atom. The smallest absolute Gasteiger partial charge is 0.265 e. The zero-order chi connectivity index (χ0) is 23.6. The van der Waals surface area contributed by atoms with Gasteiger partial charge in [-0.1, -0.05) is 41.6 Å². The summed E-state index contributed by atoms with van der Waals surface area (Å²) in [6.45, 7) is 3.35. The molecule has 0 atom stereocenters. The number of aromatic nitrogens is 2. The molecule has 1 amide bonds. The van der Waals surface area contributed by atoms with Crippen LogP contribution in [0.4, 0.5) is 11.5 Å². The van der Waals surface area contributed by atoms with Gasteiger partial charge in [0.1, 0.15) is 5.03 Å². The lowest BCUT2D eigenvalue weighted by atomic mass is 10.2. The van der Waals surface area contributed by atoms with Gasteiger partial charge in [0.15, 0.2) is 5.82 Å². The fourth-order valence-electron chi connectivity index (χ4n) is 3.15. The summed E-state index contributed by atoms with van der Waals surface area (Å²) >= 11 is 1.31. The Balaban J connectivity index is 1.76. The van der Waals surface area contributed by atoms with Gasteiger partial charge < -0.3 is 5.32 Å². The van der Waals surface area contributed by atoms with E-state index < -0.39 is 10.0 Å². The Kier molecular flexibility index (Phi) is 6.35. The van der Waals surface area contributed by atoms with E-state index >= 15 is 0 Å². The van der Waals surface area contributed by atoms with E-state index in [0.29, 0.717) is 21.7 Å². The SMILES string of the molecule is CC(=O)Nc1ccc(Sc2nc3ccccc3nc2N(C)S(=O)(=O)c2ccc(C)cc2)cc1. The molecule has 0 radical (unpaired) electrons. The summed E-state index contributed by atoms with van der Waals surface area (Å²) in [6, 6.07) is 21.3. The highest BCUT2D eigenvalue weighted by atomic mass is 32.2. The Morgan fingerprint density at radius 2 is 1.52 bits per heavy atom. The number of aryl methyl sites for hydroxylation is 1. The largest absolute Gasteiger partial charge is 0.326 e. The van der Waals surface area contributed by atoms with Crippen molar-refractivity contribution in [3.05, 3.63) is 78.4 Å². The van der Waals surface area contributed by atoms with Crippen LogP contribution in [0.2, 0.25) is 0 Å². The van der Waals surface area contributed by atoms with E-state index in [1.807, 2.05) is 37.3 Å². The predicted molar refractivity (Wildman–Crippen MR) is 131 cm³/mol. The summed E-state index contributed by atoms with van der Waals surface area (Å²) in [6.07, 6.45) is 0. The van der Waals surface area contributed by atoms with Crippen molar-refractivity contribution in [2.24, 2.45) is 0 Å². The van der Waals surface area contributed by atoms with Crippen LogP contribution in [0.5, 0.6) is 0 Å². The third-order valence-electron chi connectivity index (χ3n) is 4.89. The van der Waals surface area contributed by atoms with Crippen LogP contribution in [0.3, 0.4) is 0 Å². The first-order valence-electron chi connectivity index (χ1n) is 10.1. The van der Waals surface area contributed by atoms with Crippen LogP contribution in [-0.4, -0.2) is 31.3 Å². The molecule has 1 heterocycles. The third-order valence-corrected chi connectivity index (χ3v) is 7.63. The lowest BCUT2D eigenvalue weighted by Crippen LogP contribution is -2.28. The van der Waals surface area contributed by atoms with Gasteiger partial charge in [-0.25, -0.2) is 18.4 Å². The number of rotatable bonds is 6. The predicted octanol–water partition coefficient (Wildman–Crippen LogP) is 4.87. The number of benzene rings is 3. The molecule has 0 aliphatic rings. The molecule has 0 saturated heterocycles. The maximum absolute atomic E-state index is 13.3. The van der Waals surface area contributed by atoms with Crippen LogP contribution in [0.1, 0.15) is 12.5 Å². The number of hydrogen-bond acceptors (Lipinski definition) is 6. The van der Waals surface area contributed by atoms with Crippen LogP contribution < -0.4 is 9.62 Å². The van der Waals surface area contributed by atoms with E-state index in [9.17, 15) is 13.2 Å². The van der Waals surface area contributed by atoms with Gasteiger partial charge in [0.2, 0.25) is 5.91 Å². The van der Waals surface area contributed by atoms with E-state index in [4.69, 9.17) is 4.98 Å². The second kappa shape index (κ2) is 9.21. The Labute approximate surface area is 196 Å². The minimum absolute atomic E-state index is 0.152. The van der Waals surface area contributed by atoms with Crippen molar-refractivity contribution in [3.63, 3.8) is 0 Å². The molecule has 1 N–H and O–H groups in total. The minimum atomic E-state index is -3.84. The molecule has 0 aliphatic carbocycles. The molecule has 0 spiro atoms. The highest BCUT2D eigenvalue weighted by molar-refractivity contribution is 7.99. The number of fused-ring (bicyclic) bond motifs is 1. The molecular formula is C24H22N4O3S2. The molecule has 0 bridgehead atoms. The summed E-state index contributed by atoms with van der Waals surface area (Å²) < 4.78 is 27.9. The molecule has 3 aromatic carbocycles. The maximum Gasteiger partial charge on any atom is 0.265 e. The van der Waals surface area contributed by atoms with Crippen molar-refractivity contribution < 1.29 is 13.2 Å². The zero-order valence-corrected chi connectivity index (χ0v) is 19.9. The van der Waals surface area contributed by atoms with Gasteiger partial charge in [-0.2, -0.15) is 0 Å². The fourth-order valence-corrected chi connectivity index (χ4v) is 5.27. The first kappa shape index (κ1) is 22.8. The molecule has 4 aromatic rings. The summed E-state index contributed by atoms with van der Waals surface area (Å²) in [5.74, 6) is 0.0891. The van der Waals surface area contributed by atoms with Crippen LogP contribution >= 0.6 is 11.8 Å². The first-order chi connectivity index (χ1) is 15.7. The van der Waals surface area contributed by atoms with Gasteiger partial charge in [0, 0.05) is 24.6 Å². The number of sulfonamides is 1. The number of anilines is 2. The van der Waals surface area contributed by atoms with Gasteiger partial charge in [-0.15, -0.1) is 0 Å². The van der Waals surface area contributed by atoms with Crippen molar-refractivity contribution >= 4 is 50.2 Å². The summed E-state index contributed by atoms with van der Waals surface area (Å²) in [7, 11) is -2.36. The lowest BCUT2D eigenvalue weighted by Gasteiger charge is -2.21. The summed E-state index contributed by atoms with van der Waals surface area (Å²) in [5.41, 5.74) is 2.92. The molecule has 0 saturated carbocycles. The number of carbonyl (C=O) groups excluding carboxylic acids is 1. The molecule has 1 aromatic heterocycles. The van der Waals surface area contributed by atoms with E-state index in [2.05, 4.69) is 10.3 Å². The van der Waals surface area contributed by atoms with Crippen molar-refractivity contribution in [2.75, 3.05) is 16.7 Å². The first-order valence-corrected chi connectivity index (χ1v) is 12.4.